The summed E-state index contributed by atoms with van der Waals surface area (Å²) >= 11 is 0. The Morgan fingerprint density at radius 3 is 2.12 bits per heavy atom. The fraction of sp³-hybridized carbons (Fsp3) is 1.00. The van der Waals surface area contributed by atoms with Crippen molar-refractivity contribution in [1.29, 1.82) is 0 Å². The van der Waals surface area contributed by atoms with Crippen LogP contribution in [0.3, 0.4) is 0 Å². The maximum absolute atomic E-state index is 3.78. The molecule has 96 valence electrons. The van der Waals surface area contributed by atoms with Gasteiger partial charge in [-0.1, -0.05) is 26.7 Å². The largest absolute Gasteiger partial charge is 0.313 e. The third kappa shape index (κ3) is 4.06. The molecule has 0 radical (unpaired) electrons. The molecular weight excluding hydrogens is 196 g/mol. The predicted octanol–water partition coefficient (Wildman–Crippen LogP) is 2.89. The van der Waals surface area contributed by atoms with Crippen molar-refractivity contribution in [1.82, 2.24) is 10.2 Å². The van der Waals surface area contributed by atoms with Crippen molar-refractivity contribution in [3.05, 3.63) is 0 Å². The first kappa shape index (κ1) is 14.0. The average molecular weight is 226 g/mol. The van der Waals surface area contributed by atoms with Crippen LogP contribution in [-0.2, 0) is 0 Å². The second kappa shape index (κ2) is 6.61. The van der Waals surface area contributed by atoms with Gasteiger partial charge < -0.3 is 10.2 Å². The minimum atomic E-state index is 0.562. The highest BCUT2D eigenvalue weighted by molar-refractivity contribution is 4.89. The van der Waals surface area contributed by atoms with E-state index in [4.69, 9.17) is 0 Å². The van der Waals surface area contributed by atoms with Crippen LogP contribution in [0.5, 0.6) is 0 Å². The molecule has 1 aliphatic rings. The fourth-order valence-corrected chi connectivity index (χ4v) is 3.12. The monoisotopic (exact) mass is 226 g/mol. The molecule has 1 N–H and O–H groups in total. The number of nitrogens with one attached hydrogen (secondary N) is 1. The zero-order valence-corrected chi connectivity index (χ0v) is 11.7. The molecule has 0 unspecified atom stereocenters. The van der Waals surface area contributed by atoms with E-state index >= 15 is 0 Å². The molecule has 2 heteroatoms. The van der Waals surface area contributed by atoms with E-state index in [1.807, 2.05) is 0 Å². The lowest BCUT2D eigenvalue weighted by atomic mass is 9.85. The van der Waals surface area contributed by atoms with E-state index in [-0.39, 0.29) is 0 Å². The van der Waals surface area contributed by atoms with Gasteiger partial charge in [0.2, 0.25) is 0 Å². The van der Waals surface area contributed by atoms with E-state index in [1.165, 1.54) is 51.6 Å². The Morgan fingerprint density at radius 2 is 1.69 bits per heavy atom. The van der Waals surface area contributed by atoms with Gasteiger partial charge in [-0.2, -0.15) is 0 Å². The van der Waals surface area contributed by atoms with Gasteiger partial charge >= 0.3 is 0 Å². The van der Waals surface area contributed by atoms with Gasteiger partial charge in [-0.15, -0.1) is 0 Å². The number of nitrogens with zero attached hydrogens (tertiary/aromatic N) is 1. The third-order valence-corrected chi connectivity index (χ3v) is 4.07. The molecule has 0 saturated heterocycles. The molecule has 1 fully saturated rings. The molecule has 0 aliphatic heterocycles. The molecule has 0 amide bonds. The molecule has 0 aromatic rings. The molecule has 0 atom stereocenters. The van der Waals surface area contributed by atoms with Crippen molar-refractivity contribution in [2.24, 2.45) is 5.41 Å². The highest BCUT2D eigenvalue weighted by atomic mass is 15.1. The van der Waals surface area contributed by atoms with Crippen molar-refractivity contribution in [2.75, 3.05) is 27.2 Å². The van der Waals surface area contributed by atoms with Crippen LogP contribution in [0.15, 0.2) is 0 Å². The predicted molar refractivity (Wildman–Crippen MR) is 71.8 cm³/mol. The quantitative estimate of drug-likeness (QED) is 0.718. The van der Waals surface area contributed by atoms with Crippen LogP contribution in [0, 0.1) is 5.41 Å². The number of hydrogen-bond donors (Lipinski definition) is 1. The Hall–Kier alpha value is -0.0800. The van der Waals surface area contributed by atoms with Crippen LogP contribution in [0.4, 0.5) is 0 Å². The summed E-state index contributed by atoms with van der Waals surface area (Å²) in [6.45, 7) is 7.04. The standard InChI is InChI=1S/C14H30N2/c1-5-13(6-2)15-11-14(12-16(3)4)9-7-8-10-14/h13,15H,5-12H2,1-4H3. The van der Waals surface area contributed by atoms with E-state index in [0.717, 1.165) is 6.04 Å². The Labute approximate surface area is 102 Å². The lowest BCUT2D eigenvalue weighted by molar-refractivity contribution is 0.187. The van der Waals surface area contributed by atoms with Crippen LogP contribution in [-0.4, -0.2) is 38.1 Å². The average Bonchev–Trinajstić information content (AvgIpc) is 2.67. The van der Waals surface area contributed by atoms with E-state index < -0.39 is 0 Å². The second-order valence-corrected chi connectivity index (χ2v) is 5.84. The summed E-state index contributed by atoms with van der Waals surface area (Å²) in [5.74, 6) is 0. The molecule has 1 aliphatic carbocycles. The van der Waals surface area contributed by atoms with E-state index in [1.54, 1.807) is 0 Å². The smallest absolute Gasteiger partial charge is 0.00620 e. The minimum Gasteiger partial charge on any atom is -0.313 e. The highest BCUT2D eigenvalue weighted by Crippen LogP contribution is 2.38. The number of rotatable bonds is 7. The summed E-state index contributed by atoms with van der Waals surface area (Å²) in [4.78, 5) is 2.36. The molecule has 2 nitrogen and oxygen atoms in total. The normalized spacial score (nSPS) is 19.9. The van der Waals surface area contributed by atoms with Gasteiger partial charge in [-0.3, -0.25) is 0 Å². The van der Waals surface area contributed by atoms with Crippen molar-refractivity contribution in [3.63, 3.8) is 0 Å². The van der Waals surface area contributed by atoms with E-state index in [9.17, 15) is 0 Å². The Kier molecular flexibility index (Phi) is 5.77. The van der Waals surface area contributed by atoms with Crippen LogP contribution < -0.4 is 5.32 Å². The summed E-state index contributed by atoms with van der Waals surface area (Å²) in [6, 6.07) is 0.722. The Bertz CT molecular complexity index is 179. The van der Waals surface area contributed by atoms with Crippen molar-refractivity contribution >= 4 is 0 Å². The van der Waals surface area contributed by atoms with E-state index in [0.29, 0.717) is 5.41 Å². The lowest BCUT2D eigenvalue weighted by Gasteiger charge is -2.34. The highest BCUT2D eigenvalue weighted by Gasteiger charge is 2.34. The summed E-state index contributed by atoms with van der Waals surface area (Å²) in [5, 5.41) is 3.78. The summed E-state index contributed by atoms with van der Waals surface area (Å²) in [5.41, 5.74) is 0.562. The van der Waals surface area contributed by atoms with Gasteiger partial charge in [0.25, 0.3) is 0 Å². The zero-order chi connectivity index (χ0) is 12.0. The van der Waals surface area contributed by atoms with Crippen LogP contribution >= 0.6 is 0 Å². The van der Waals surface area contributed by atoms with Gasteiger partial charge in [0.15, 0.2) is 0 Å². The first-order valence-corrected chi connectivity index (χ1v) is 7.00. The maximum atomic E-state index is 3.78. The van der Waals surface area contributed by atoms with Crippen LogP contribution in [0.25, 0.3) is 0 Å². The van der Waals surface area contributed by atoms with E-state index in [2.05, 4.69) is 38.2 Å². The van der Waals surface area contributed by atoms with Gasteiger partial charge in [0.1, 0.15) is 0 Å². The fourth-order valence-electron chi connectivity index (χ4n) is 3.12. The third-order valence-electron chi connectivity index (χ3n) is 4.07. The lowest BCUT2D eigenvalue weighted by Crippen LogP contribution is -2.43. The molecule has 0 bridgehead atoms. The van der Waals surface area contributed by atoms with Gasteiger partial charge in [-0.05, 0) is 45.2 Å². The van der Waals surface area contributed by atoms with Crippen LogP contribution in [0.2, 0.25) is 0 Å². The Morgan fingerprint density at radius 1 is 1.12 bits per heavy atom. The molecule has 0 aromatic carbocycles. The zero-order valence-electron chi connectivity index (χ0n) is 11.7. The maximum Gasteiger partial charge on any atom is 0.00620 e. The summed E-state index contributed by atoms with van der Waals surface area (Å²) < 4.78 is 0. The molecule has 1 saturated carbocycles. The second-order valence-electron chi connectivity index (χ2n) is 5.84. The van der Waals surface area contributed by atoms with Gasteiger partial charge in [-0.25, -0.2) is 0 Å². The van der Waals surface area contributed by atoms with Crippen molar-refractivity contribution in [2.45, 2.75) is 58.4 Å². The van der Waals surface area contributed by atoms with Gasteiger partial charge in [0, 0.05) is 19.1 Å². The van der Waals surface area contributed by atoms with Crippen molar-refractivity contribution in [3.8, 4) is 0 Å². The van der Waals surface area contributed by atoms with Crippen LogP contribution in [0.1, 0.15) is 52.4 Å². The molecule has 0 spiro atoms. The molecule has 0 aromatic heterocycles. The Balaban J connectivity index is 2.44. The minimum absolute atomic E-state index is 0.562. The molecule has 0 heterocycles. The number of hydrogen-bond acceptors (Lipinski definition) is 2. The first-order valence-electron chi connectivity index (χ1n) is 7.00. The van der Waals surface area contributed by atoms with Crippen molar-refractivity contribution < 1.29 is 0 Å². The van der Waals surface area contributed by atoms with Gasteiger partial charge in [0.05, 0.1) is 0 Å². The first-order chi connectivity index (χ1) is 7.62. The molecule has 16 heavy (non-hydrogen) atoms. The topological polar surface area (TPSA) is 15.3 Å². The molecular formula is C14H30N2. The summed E-state index contributed by atoms with van der Waals surface area (Å²) in [7, 11) is 4.41. The summed E-state index contributed by atoms with van der Waals surface area (Å²) in [6.07, 6.45) is 8.20. The SMILES string of the molecule is CCC(CC)NCC1(CN(C)C)CCCC1. The molecule has 1 rings (SSSR count).